The topological polar surface area (TPSA) is 97.4 Å². The summed E-state index contributed by atoms with van der Waals surface area (Å²) in [5, 5.41) is 3.04. The minimum Gasteiger partial charge on any atom is -0.439 e. The highest BCUT2D eigenvalue weighted by atomic mass is 32.2. The van der Waals surface area contributed by atoms with E-state index in [1.165, 1.54) is 11.8 Å². The third-order valence-electron chi connectivity index (χ3n) is 6.65. The summed E-state index contributed by atoms with van der Waals surface area (Å²) in [6.45, 7) is 0. The van der Waals surface area contributed by atoms with Gasteiger partial charge in [0.1, 0.15) is 5.75 Å². The molecule has 2 N–H and O–H groups in total. The van der Waals surface area contributed by atoms with Crippen molar-refractivity contribution < 1.29 is 17.9 Å². The van der Waals surface area contributed by atoms with Crippen molar-refractivity contribution in [1.82, 2.24) is 10.3 Å². The van der Waals surface area contributed by atoms with Crippen LogP contribution in [0.1, 0.15) is 60.0 Å². The summed E-state index contributed by atoms with van der Waals surface area (Å²) in [5.74, 6) is 0.744. The minimum atomic E-state index is -3.68. The van der Waals surface area contributed by atoms with Crippen molar-refractivity contribution in [3.05, 3.63) is 77.5 Å². The van der Waals surface area contributed by atoms with Gasteiger partial charge in [0, 0.05) is 24.0 Å². The molecule has 7 nitrogen and oxygen atoms in total. The lowest BCUT2D eigenvalue weighted by atomic mass is 9.92. The lowest BCUT2D eigenvalue weighted by Crippen LogP contribution is -2.32. The molecule has 0 radical (unpaired) electrons. The molecule has 1 saturated carbocycles. The van der Waals surface area contributed by atoms with Gasteiger partial charge in [0.25, 0.3) is 15.9 Å². The standard InChI is InChI=1S/C27H29N3O4S/c31-27(29-22-7-3-4-8-22)21-10-16-26(28-18-21)34-24-13-11-23(12-14-24)30-35(32,33)25-15-9-19-5-1-2-6-20(19)17-25/h9-18,22,30H,1-8H2,(H,29,31). The second kappa shape index (κ2) is 10.1. The van der Waals surface area contributed by atoms with Crippen LogP contribution in [-0.4, -0.2) is 25.4 Å². The fourth-order valence-electron chi connectivity index (χ4n) is 4.72. The molecule has 3 aromatic rings. The predicted molar refractivity (Wildman–Crippen MR) is 134 cm³/mol. The van der Waals surface area contributed by atoms with Gasteiger partial charge < -0.3 is 10.1 Å². The monoisotopic (exact) mass is 491 g/mol. The van der Waals surface area contributed by atoms with E-state index in [1.54, 1.807) is 48.5 Å². The van der Waals surface area contributed by atoms with Crippen molar-refractivity contribution in [1.29, 1.82) is 0 Å². The summed E-state index contributed by atoms with van der Waals surface area (Å²) in [6, 6.07) is 15.6. The first-order chi connectivity index (χ1) is 17.0. The van der Waals surface area contributed by atoms with Gasteiger partial charge in [-0.2, -0.15) is 0 Å². The van der Waals surface area contributed by atoms with Crippen molar-refractivity contribution >= 4 is 21.6 Å². The van der Waals surface area contributed by atoms with Gasteiger partial charge in [0.2, 0.25) is 5.88 Å². The summed E-state index contributed by atoms with van der Waals surface area (Å²) in [7, 11) is -3.68. The van der Waals surface area contributed by atoms with E-state index in [1.807, 2.05) is 6.07 Å². The lowest BCUT2D eigenvalue weighted by molar-refractivity contribution is 0.0937. The summed E-state index contributed by atoms with van der Waals surface area (Å²) in [4.78, 5) is 16.9. The van der Waals surface area contributed by atoms with E-state index in [-0.39, 0.29) is 16.8 Å². The Morgan fingerprint density at radius 1 is 0.886 bits per heavy atom. The Morgan fingerprint density at radius 3 is 2.34 bits per heavy atom. The maximum Gasteiger partial charge on any atom is 0.261 e. The molecule has 0 atom stereocenters. The lowest BCUT2D eigenvalue weighted by Gasteiger charge is -2.17. The first kappa shape index (κ1) is 23.4. The number of hydrogen-bond acceptors (Lipinski definition) is 5. The number of aryl methyl sites for hydroxylation is 2. The van der Waals surface area contributed by atoms with Crippen LogP contribution in [0.2, 0.25) is 0 Å². The summed E-state index contributed by atoms with van der Waals surface area (Å²) in [5.41, 5.74) is 3.31. The van der Waals surface area contributed by atoms with E-state index in [9.17, 15) is 13.2 Å². The Morgan fingerprint density at radius 2 is 1.63 bits per heavy atom. The molecule has 0 unspecified atom stereocenters. The van der Waals surface area contributed by atoms with Crippen LogP contribution in [0.25, 0.3) is 0 Å². The van der Waals surface area contributed by atoms with Gasteiger partial charge in [0.15, 0.2) is 0 Å². The van der Waals surface area contributed by atoms with Crippen LogP contribution >= 0.6 is 0 Å². The fraction of sp³-hybridized carbons (Fsp3) is 0.333. The quantitative estimate of drug-likeness (QED) is 0.472. The number of hydrogen-bond donors (Lipinski definition) is 2. The number of aromatic nitrogens is 1. The Bertz CT molecular complexity index is 1300. The molecule has 1 heterocycles. The van der Waals surface area contributed by atoms with E-state index < -0.39 is 10.0 Å². The second-order valence-electron chi connectivity index (χ2n) is 9.21. The van der Waals surface area contributed by atoms with E-state index in [0.717, 1.165) is 56.9 Å². The van der Waals surface area contributed by atoms with Crippen molar-refractivity contribution in [2.75, 3.05) is 4.72 Å². The van der Waals surface area contributed by atoms with Crippen LogP contribution in [0.4, 0.5) is 5.69 Å². The SMILES string of the molecule is O=C(NC1CCCC1)c1ccc(Oc2ccc(NS(=O)(=O)c3ccc4c(c3)CCCC4)cc2)nc1. The molecular weight excluding hydrogens is 462 g/mol. The molecule has 0 saturated heterocycles. The van der Waals surface area contributed by atoms with Gasteiger partial charge in [-0.05, 0) is 92.1 Å². The van der Waals surface area contributed by atoms with Gasteiger partial charge in [-0.3, -0.25) is 9.52 Å². The second-order valence-corrected chi connectivity index (χ2v) is 10.9. The molecule has 182 valence electrons. The molecule has 2 aliphatic rings. The largest absolute Gasteiger partial charge is 0.439 e. The third kappa shape index (κ3) is 5.65. The summed E-state index contributed by atoms with van der Waals surface area (Å²) in [6.07, 6.45) is 10.0. The number of pyridine rings is 1. The van der Waals surface area contributed by atoms with Crippen LogP contribution in [-0.2, 0) is 22.9 Å². The molecular formula is C27H29N3O4S. The highest BCUT2D eigenvalue weighted by molar-refractivity contribution is 7.92. The maximum absolute atomic E-state index is 12.9. The molecule has 0 spiro atoms. The van der Waals surface area contributed by atoms with Crippen LogP contribution in [0.3, 0.4) is 0 Å². The van der Waals surface area contributed by atoms with E-state index in [2.05, 4.69) is 15.0 Å². The first-order valence-corrected chi connectivity index (χ1v) is 13.6. The number of anilines is 1. The Hall–Kier alpha value is -3.39. The zero-order valence-corrected chi connectivity index (χ0v) is 20.3. The van der Waals surface area contributed by atoms with Gasteiger partial charge in [-0.15, -0.1) is 0 Å². The van der Waals surface area contributed by atoms with Crippen molar-refractivity contribution in [2.24, 2.45) is 0 Å². The molecule has 0 aliphatic heterocycles. The zero-order valence-electron chi connectivity index (χ0n) is 19.5. The van der Waals surface area contributed by atoms with Crippen LogP contribution < -0.4 is 14.8 Å². The van der Waals surface area contributed by atoms with Gasteiger partial charge in [-0.1, -0.05) is 18.9 Å². The minimum absolute atomic E-state index is 0.119. The maximum atomic E-state index is 12.9. The molecule has 0 bridgehead atoms. The highest BCUT2D eigenvalue weighted by Crippen LogP contribution is 2.27. The first-order valence-electron chi connectivity index (χ1n) is 12.2. The summed E-state index contributed by atoms with van der Waals surface area (Å²) >= 11 is 0. The van der Waals surface area contributed by atoms with E-state index in [0.29, 0.717) is 22.9 Å². The number of sulfonamides is 1. The molecule has 2 aliphatic carbocycles. The van der Waals surface area contributed by atoms with Gasteiger partial charge in [-0.25, -0.2) is 13.4 Å². The number of carbonyl (C=O) groups excluding carboxylic acids is 1. The fourth-order valence-corrected chi connectivity index (χ4v) is 5.83. The van der Waals surface area contributed by atoms with Crippen molar-refractivity contribution in [3.63, 3.8) is 0 Å². The van der Waals surface area contributed by atoms with Crippen LogP contribution in [0, 0.1) is 0 Å². The number of carbonyl (C=O) groups is 1. The van der Waals surface area contributed by atoms with Crippen molar-refractivity contribution in [3.8, 4) is 11.6 Å². The number of amides is 1. The molecule has 1 aromatic heterocycles. The molecule has 8 heteroatoms. The van der Waals surface area contributed by atoms with Crippen molar-refractivity contribution in [2.45, 2.75) is 62.3 Å². The number of fused-ring (bicyclic) bond motifs is 1. The number of rotatable bonds is 7. The zero-order chi connectivity index (χ0) is 24.3. The third-order valence-corrected chi connectivity index (χ3v) is 8.03. The summed E-state index contributed by atoms with van der Waals surface area (Å²) < 4.78 is 34.1. The average Bonchev–Trinajstić information content (AvgIpc) is 3.38. The molecule has 2 aromatic carbocycles. The Balaban J connectivity index is 1.20. The average molecular weight is 492 g/mol. The molecule has 1 fully saturated rings. The van der Waals surface area contributed by atoms with Crippen LogP contribution in [0.15, 0.2) is 65.7 Å². The highest BCUT2D eigenvalue weighted by Gasteiger charge is 2.19. The number of ether oxygens (including phenoxy) is 1. The Labute approximate surface area is 206 Å². The number of nitrogens with zero attached hydrogens (tertiary/aromatic N) is 1. The smallest absolute Gasteiger partial charge is 0.261 e. The molecule has 35 heavy (non-hydrogen) atoms. The van der Waals surface area contributed by atoms with Crippen LogP contribution in [0.5, 0.6) is 11.6 Å². The molecule has 1 amide bonds. The molecule has 5 rings (SSSR count). The van der Waals surface area contributed by atoms with E-state index >= 15 is 0 Å². The van der Waals surface area contributed by atoms with E-state index in [4.69, 9.17) is 4.74 Å². The Kier molecular flexibility index (Phi) is 6.72. The predicted octanol–water partition coefficient (Wildman–Crippen LogP) is 5.23. The number of nitrogens with one attached hydrogen (secondary N) is 2. The van der Waals surface area contributed by atoms with Gasteiger partial charge >= 0.3 is 0 Å². The van der Waals surface area contributed by atoms with Gasteiger partial charge in [0.05, 0.1) is 10.5 Å². The normalized spacial score (nSPS) is 15.9. The number of benzene rings is 2.